The molecule has 0 saturated heterocycles. The van der Waals surface area contributed by atoms with Crippen molar-refractivity contribution in [1.82, 2.24) is 0 Å². The molecular formula is C23H22O6. The third kappa shape index (κ3) is 2.95. The van der Waals surface area contributed by atoms with Gasteiger partial charge in [0.1, 0.15) is 17.4 Å². The minimum atomic E-state index is -0.480. The van der Waals surface area contributed by atoms with Crippen LogP contribution in [0, 0.1) is 20.8 Å². The third-order valence-electron chi connectivity index (χ3n) is 5.58. The highest BCUT2D eigenvalue weighted by atomic mass is 16.5. The van der Waals surface area contributed by atoms with Crippen LogP contribution >= 0.6 is 0 Å². The molecule has 150 valence electrons. The number of benzene rings is 2. The van der Waals surface area contributed by atoms with Gasteiger partial charge in [-0.25, -0.2) is 4.79 Å². The Labute approximate surface area is 168 Å². The summed E-state index contributed by atoms with van der Waals surface area (Å²) in [5, 5.41) is 0.668. The summed E-state index contributed by atoms with van der Waals surface area (Å²) >= 11 is 0. The van der Waals surface area contributed by atoms with Crippen molar-refractivity contribution in [3.63, 3.8) is 0 Å². The van der Waals surface area contributed by atoms with Gasteiger partial charge in [0.15, 0.2) is 17.3 Å². The zero-order valence-electron chi connectivity index (χ0n) is 17.0. The van der Waals surface area contributed by atoms with Crippen molar-refractivity contribution >= 4 is 16.8 Å². The number of rotatable bonds is 3. The van der Waals surface area contributed by atoms with Gasteiger partial charge in [-0.15, -0.1) is 0 Å². The summed E-state index contributed by atoms with van der Waals surface area (Å²) in [5.41, 5.74) is 3.40. The van der Waals surface area contributed by atoms with E-state index >= 15 is 0 Å². The lowest BCUT2D eigenvalue weighted by molar-refractivity contribution is 0.0852. The maximum atomic E-state index is 13.0. The number of methoxy groups -OCH3 is 2. The van der Waals surface area contributed by atoms with E-state index in [9.17, 15) is 9.59 Å². The maximum Gasteiger partial charge on any atom is 0.339 e. The van der Waals surface area contributed by atoms with Crippen LogP contribution < -0.4 is 19.8 Å². The Morgan fingerprint density at radius 1 is 0.966 bits per heavy atom. The number of ether oxygens (including phenoxy) is 3. The van der Waals surface area contributed by atoms with Crippen molar-refractivity contribution < 1.29 is 23.4 Å². The van der Waals surface area contributed by atoms with Crippen molar-refractivity contribution in [3.05, 3.63) is 62.5 Å². The van der Waals surface area contributed by atoms with Gasteiger partial charge < -0.3 is 18.6 Å². The van der Waals surface area contributed by atoms with Gasteiger partial charge in [-0.1, -0.05) is 6.07 Å². The van der Waals surface area contributed by atoms with Gasteiger partial charge in [-0.3, -0.25) is 4.79 Å². The minimum Gasteiger partial charge on any atom is -0.493 e. The molecule has 2 aromatic carbocycles. The molecule has 0 amide bonds. The zero-order chi connectivity index (χ0) is 20.9. The fraction of sp³-hybridized carbons (Fsp3) is 0.304. The molecule has 0 bridgehead atoms. The summed E-state index contributed by atoms with van der Waals surface area (Å²) in [6.07, 6.45) is -0.268. The molecular weight excluding hydrogens is 372 g/mol. The van der Waals surface area contributed by atoms with E-state index < -0.39 is 6.10 Å². The number of hydrogen-bond donors (Lipinski definition) is 0. The monoisotopic (exact) mass is 394 g/mol. The van der Waals surface area contributed by atoms with Gasteiger partial charge in [-0.2, -0.15) is 0 Å². The first-order chi connectivity index (χ1) is 13.8. The second-order valence-corrected chi connectivity index (χ2v) is 7.26. The van der Waals surface area contributed by atoms with E-state index in [0.29, 0.717) is 39.3 Å². The molecule has 1 aromatic heterocycles. The van der Waals surface area contributed by atoms with Crippen LogP contribution in [-0.2, 0) is 0 Å². The molecule has 6 nitrogen and oxygen atoms in total. The molecule has 6 heteroatoms. The van der Waals surface area contributed by atoms with Crippen molar-refractivity contribution in [2.45, 2.75) is 33.3 Å². The largest absolute Gasteiger partial charge is 0.493 e. The lowest BCUT2D eigenvalue weighted by Gasteiger charge is -2.28. The molecule has 0 aliphatic carbocycles. The first-order valence-electron chi connectivity index (χ1n) is 9.35. The normalized spacial score (nSPS) is 15.8. The van der Waals surface area contributed by atoms with Crippen LogP contribution in [0.2, 0.25) is 0 Å². The first-order valence-corrected chi connectivity index (χ1v) is 9.35. The number of carbonyl (C=O) groups is 1. The van der Waals surface area contributed by atoms with Gasteiger partial charge >= 0.3 is 5.63 Å². The van der Waals surface area contributed by atoms with Crippen LogP contribution in [0.5, 0.6) is 17.2 Å². The Kier molecular flexibility index (Phi) is 4.57. The number of hydrogen-bond acceptors (Lipinski definition) is 6. The number of Topliss-reactive ketones (excluding diaryl/α,β-unsaturated/α-hetero) is 1. The van der Waals surface area contributed by atoms with E-state index in [2.05, 4.69) is 0 Å². The molecule has 1 aliphatic heterocycles. The molecule has 0 spiro atoms. The summed E-state index contributed by atoms with van der Waals surface area (Å²) in [5.74, 6) is 1.64. The zero-order valence-corrected chi connectivity index (χ0v) is 17.0. The molecule has 4 rings (SSSR count). The van der Waals surface area contributed by atoms with Crippen molar-refractivity contribution in [3.8, 4) is 17.2 Å². The van der Waals surface area contributed by atoms with E-state index in [0.717, 1.165) is 16.7 Å². The van der Waals surface area contributed by atoms with Gasteiger partial charge in [-0.05, 0) is 55.7 Å². The predicted molar refractivity (Wildman–Crippen MR) is 109 cm³/mol. The van der Waals surface area contributed by atoms with Crippen molar-refractivity contribution in [1.29, 1.82) is 0 Å². The molecule has 1 aliphatic rings. The average molecular weight is 394 g/mol. The highest BCUT2D eigenvalue weighted by molar-refractivity contribution is 6.07. The van der Waals surface area contributed by atoms with Gasteiger partial charge in [0, 0.05) is 5.56 Å². The van der Waals surface area contributed by atoms with E-state index in [1.165, 1.54) is 0 Å². The smallest absolute Gasteiger partial charge is 0.339 e. The van der Waals surface area contributed by atoms with E-state index in [1.807, 2.05) is 26.0 Å². The molecule has 1 atom stereocenters. The molecule has 0 unspecified atom stereocenters. The molecule has 0 N–H and O–H groups in total. The number of aryl methyl sites for hydroxylation is 2. The lowest BCUT2D eigenvalue weighted by Crippen LogP contribution is -2.22. The van der Waals surface area contributed by atoms with Gasteiger partial charge in [0.2, 0.25) is 0 Å². The standard InChI is InChI=1S/C23H22O6/c1-11-8-19-21(12(2)13(3)23(25)29-19)22-20(11)15(24)10-17(28-22)14-6-7-16(26-4)18(9-14)27-5/h6-9,17H,10H2,1-5H3/t17-/m1/s1. The number of carbonyl (C=O) groups excluding carboxylic acids is 1. The SMILES string of the molecule is COc1ccc([C@H]2CC(=O)c3c(C)cc4oc(=O)c(C)c(C)c4c3O2)cc1OC. The average Bonchev–Trinajstić information content (AvgIpc) is 2.70. The third-order valence-corrected chi connectivity index (χ3v) is 5.58. The second-order valence-electron chi connectivity index (χ2n) is 7.26. The van der Waals surface area contributed by atoms with Crippen molar-refractivity contribution in [2.75, 3.05) is 14.2 Å². The van der Waals surface area contributed by atoms with Crippen LogP contribution in [0.25, 0.3) is 11.0 Å². The molecule has 2 heterocycles. The topological polar surface area (TPSA) is 75.0 Å². The highest BCUT2D eigenvalue weighted by Gasteiger charge is 2.32. The first kappa shape index (κ1) is 19.1. The summed E-state index contributed by atoms with van der Waals surface area (Å²) in [4.78, 5) is 25.2. The Hall–Kier alpha value is -3.28. The van der Waals surface area contributed by atoms with Crippen LogP contribution in [0.1, 0.15) is 45.1 Å². The summed E-state index contributed by atoms with van der Waals surface area (Å²) in [6.45, 7) is 5.38. The fourth-order valence-electron chi connectivity index (χ4n) is 3.87. The number of fused-ring (bicyclic) bond motifs is 3. The molecule has 0 saturated carbocycles. The quantitative estimate of drug-likeness (QED) is 0.611. The minimum absolute atomic E-state index is 0.00584. The molecule has 0 fully saturated rings. The molecule has 3 aromatic rings. The van der Waals surface area contributed by atoms with Crippen LogP contribution in [-0.4, -0.2) is 20.0 Å². The van der Waals surface area contributed by atoms with Gasteiger partial charge in [0.05, 0.1) is 31.6 Å². The molecule has 29 heavy (non-hydrogen) atoms. The van der Waals surface area contributed by atoms with Crippen LogP contribution in [0.4, 0.5) is 0 Å². The van der Waals surface area contributed by atoms with E-state index in [-0.39, 0.29) is 17.8 Å². The van der Waals surface area contributed by atoms with Gasteiger partial charge in [0.25, 0.3) is 0 Å². The van der Waals surface area contributed by atoms with E-state index in [4.69, 9.17) is 18.6 Å². The highest BCUT2D eigenvalue weighted by Crippen LogP contribution is 2.43. The maximum absolute atomic E-state index is 13.0. The summed E-state index contributed by atoms with van der Waals surface area (Å²) in [6, 6.07) is 7.21. The summed E-state index contributed by atoms with van der Waals surface area (Å²) in [7, 11) is 3.14. The lowest BCUT2D eigenvalue weighted by atomic mass is 9.90. The predicted octanol–water partition coefficient (Wildman–Crippen LogP) is 4.44. The fourth-order valence-corrected chi connectivity index (χ4v) is 3.87. The van der Waals surface area contributed by atoms with Crippen LogP contribution in [0.15, 0.2) is 33.5 Å². The number of ketones is 1. The second kappa shape index (κ2) is 6.95. The Bertz CT molecular complexity index is 1200. The summed E-state index contributed by atoms with van der Waals surface area (Å²) < 4.78 is 22.5. The Morgan fingerprint density at radius 3 is 2.38 bits per heavy atom. The van der Waals surface area contributed by atoms with Crippen LogP contribution in [0.3, 0.4) is 0 Å². The van der Waals surface area contributed by atoms with Crippen molar-refractivity contribution in [2.24, 2.45) is 0 Å². The van der Waals surface area contributed by atoms with E-state index in [1.54, 1.807) is 33.3 Å². The Morgan fingerprint density at radius 2 is 1.69 bits per heavy atom. The molecule has 0 radical (unpaired) electrons. The Balaban J connectivity index is 1.91.